The number of methoxy groups -OCH3 is 4. The molecule has 0 saturated heterocycles. The molecule has 4 rings (SSSR count). The molecule has 2 unspecified atom stereocenters. The van der Waals surface area contributed by atoms with Gasteiger partial charge in [-0.15, -0.1) is 0 Å². The molecule has 0 aliphatic rings. The van der Waals surface area contributed by atoms with Crippen molar-refractivity contribution >= 4 is 16.6 Å². The van der Waals surface area contributed by atoms with Gasteiger partial charge in [0.2, 0.25) is 17.6 Å². The predicted octanol–water partition coefficient (Wildman–Crippen LogP) is 5.79. The Balaban J connectivity index is 2.15. The largest absolute Gasteiger partial charge is 0.493 e. The maximum absolute atomic E-state index is 13.4. The molecule has 0 aliphatic heterocycles. The standard InChI is InChI=1S/C32H34F2N4O6/c1-35-21-11-12-24-19(15-21)16-23(30(36-24)43-7)28(22-9-8-10-25(40-4)29(22)42-6)32(39,13-14-38(2)3)20-17-26(41-5)37-27(18-20)44-31(33)34/h8-12,15-18,28,31,39H,13-14H2,2-7H3. The van der Waals surface area contributed by atoms with E-state index < -0.39 is 24.0 Å². The smallest absolute Gasteiger partial charge is 0.388 e. The van der Waals surface area contributed by atoms with Gasteiger partial charge in [-0.3, -0.25) is 0 Å². The molecule has 10 nitrogen and oxygen atoms in total. The lowest BCUT2D eigenvalue weighted by Gasteiger charge is -2.39. The van der Waals surface area contributed by atoms with Gasteiger partial charge >= 0.3 is 6.61 Å². The van der Waals surface area contributed by atoms with E-state index in [1.54, 1.807) is 42.5 Å². The van der Waals surface area contributed by atoms with Crippen molar-refractivity contribution in [2.45, 2.75) is 24.6 Å². The van der Waals surface area contributed by atoms with Crippen molar-refractivity contribution in [3.8, 4) is 29.1 Å². The number of para-hydroxylation sites is 1. The third-order valence-electron chi connectivity index (χ3n) is 7.28. The lowest BCUT2D eigenvalue weighted by molar-refractivity contribution is -0.0538. The summed E-state index contributed by atoms with van der Waals surface area (Å²) >= 11 is 0. The number of rotatable bonds is 13. The third-order valence-corrected chi connectivity index (χ3v) is 7.28. The topological polar surface area (TPSA) is 99.8 Å². The van der Waals surface area contributed by atoms with Crippen molar-refractivity contribution in [2.75, 3.05) is 49.1 Å². The molecule has 4 aromatic rings. The molecule has 0 saturated carbocycles. The molecule has 0 fully saturated rings. The number of alkyl halides is 2. The normalized spacial score (nSPS) is 13.3. The zero-order valence-corrected chi connectivity index (χ0v) is 25.3. The van der Waals surface area contributed by atoms with E-state index in [0.29, 0.717) is 45.8 Å². The van der Waals surface area contributed by atoms with Crippen LogP contribution in [0, 0.1) is 6.57 Å². The maximum Gasteiger partial charge on any atom is 0.388 e. The molecule has 2 aromatic carbocycles. The van der Waals surface area contributed by atoms with Gasteiger partial charge in [0, 0.05) is 29.8 Å². The van der Waals surface area contributed by atoms with Crippen LogP contribution in [0.5, 0.6) is 29.1 Å². The number of pyridine rings is 2. The first-order valence-corrected chi connectivity index (χ1v) is 13.5. The molecule has 12 heteroatoms. The Bertz CT molecular complexity index is 1660. The van der Waals surface area contributed by atoms with E-state index in [0.717, 1.165) is 0 Å². The summed E-state index contributed by atoms with van der Waals surface area (Å²) in [6, 6.07) is 14.9. The van der Waals surface area contributed by atoms with Crippen LogP contribution >= 0.6 is 0 Å². The molecule has 0 bridgehead atoms. The highest BCUT2D eigenvalue weighted by molar-refractivity contribution is 5.84. The number of nitrogens with zero attached hydrogens (tertiary/aromatic N) is 4. The van der Waals surface area contributed by atoms with Crippen LogP contribution in [-0.4, -0.2) is 75.7 Å². The van der Waals surface area contributed by atoms with E-state index in [1.165, 1.54) is 40.6 Å². The van der Waals surface area contributed by atoms with Gasteiger partial charge in [-0.1, -0.05) is 18.2 Å². The van der Waals surface area contributed by atoms with Crippen molar-refractivity contribution < 1.29 is 37.6 Å². The Kier molecular flexibility index (Phi) is 10.0. The van der Waals surface area contributed by atoms with Crippen LogP contribution in [0.2, 0.25) is 0 Å². The van der Waals surface area contributed by atoms with Gasteiger partial charge in [0.15, 0.2) is 17.2 Å². The van der Waals surface area contributed by atoms with E-state index in [1.807, 2.05) is 19.0 Å². The molecular weight excluding hydrogens is 574 g/mol. The molecule has 2 heterocycles. The molecule has 1 N–H and O–H groups in total. The maximum atomic E-state index is 13.4. The average molecular weight is 609 g/mol. The molecule has 44 heavy (non-hydrogen) atoms. The quantitative estimate of drug-likeness (QED) is 0.189. The Morgan fingerprint density at radius 2 is 1.66 bits per heavy atom. The van der Waals surface area contributed by atoms with Gasteiger partial charge in [-0.25, -0.2) is 9.83 Å². The van der Waals surface area contributed by atoms with E-state index in [2.05, 4.69) is 14.6 Å². The summed E-state index contributed by atoms with van der Waals surface area (Å²) in [5, 5.41) is 13.7. The van der Waals surface area contributed by atoms with Gasteiger partial charge in [-0.2, -0.15) is 13.8 Å². The summed E-state index contributed by atoms with van der Waals surface area (Å²) in [6.07, 6.45) is 0.0929. The molecule has 0 spiro atoms. The van der Waals surface area contributed by atoms with E-state index in [4.69, 9.17) is 30.5 Å². The minimum atomic E-state index is -3.16. The van der Waals surface area contributed by atoms with Gasteiger partial charge in [0.05, 0.1) is 46.4 Å². The average Bonchev–Trinajstić information content (AvgIpc) is 3.02. The van der Waals surface area contributed by atoms with Crippen molar-refractivity contribution in [1.82, 2.24) is 14.9 Å². The highest BCUT2D eigenvalue weighted by atomic mass is 19.3. The van der Waals surface area contributed by atoms with Crippen molar-refractivity contribution in [3.63, 3.8) is 0 Å². The van der Waals surface area contributed by atoms with E-state index in [-0.39, 0.29) is 23.7 Å². The highest BCUT2D eigenvalue weighted by Gasteiger charge is 2.45. The number of aliphatic hydroxyl groups is 1. The first-order chi connectivity index (χ1) is 21.1. The van der Waals surface area contributed by atoms with Gasteiger partial charge in [0.1, 0.15) is 5.60 Å². The predicted molar refractivity (Wildman–Crippen MR) is 160 cm³/mol. The number of fused-ring (bicyclic) bond motifs is 1. The third kappa shape index (κ3) is 6.59. The summed E-state index contributed by atoms with van der Waals surface area (Å²) in [5.74, 6) is -0.520. The second-order valence-electron chi connectivity index (χ2n) is 10.2. The number of ether oxygens (including phenoxy) is 5. The summed E-state index contributed by atoms with van der Waals surface area (Å²) < 4.78 is 54.0. The molecule has 0 aliphatic carbocycles. The highest BCUT2D eigenvalue weighted by Crippen LogP contribution is 2.52. The first kappa shape index (κ1) is 32.2. The SMILES string of the molecule is [C-]#[N+]c1ccc2nc(OC)c(C(c3cccc(OC)c3OC)C(O)(CCN(C)C)c3cc(OC)nc(OC(F)F)c3)cc2c1. The Labute approximate surface area is 254 Å². The summed E-state index contributed by atoms with van der Waals surface area (Å²) in [7, 11) is 9.49. The molecular formula is C32H34F2N4O6. The first-order valence-electron chi connectivity index (χ1n) is 13.5. The summed E-state index contributed by atoms with van der Waals surface area (Å²) in [6.45, 7) is 4.72. The zero-order chi connectivity index (χ0) is 32.0. The lowest BCUT2D eigenvalue weighted by Crippen LogP contribution is -2.38. The monoisotopic (exact) mass is 608 g/mol. The van der Waals surface area contributed by atoms with Crippen LogP contribution in [0.4, 0.5) is 14.5 Å². The second-order valence-corrected chi connectivity index (χ2v) is 10.2. The Morgan fingerprint density at radius 3 is 2.27 bits per heavy atom. The molecule has 0 radical (unpaired) electrons. The van der Waals surface area contributed by atoms with Gasteiger partial charge < -0.3 is 33.7 Å². The number of hydrogen-bond donors (Lipinski definition) is 1. The fourth-order valence-electron chi connectivity index (χ4n) is 5.26. The van der Waals surface area contributed by atoms with Gasteiger partial charge in [-0.05, 0) is 55.7 Å². The molecule has 232 valence electrons. The molecule has 2 atom stereocenters. The van der Waals surface area contributed by atoms with Crippen LogP contribution < -0.4 is 23.7 Å². The van der Waals surface area contributed by atoms with Crippen LogP contribution in [0.15, 0.2) is 54.6 Å². The van der Waals surface area contributed by atoms with Crippen LogP contribution in [0.3, 0.4) is 0 Å². The fraction of sp³-hybridized carbons (Fsp3) is 0.344. The van der Waals surface area contributed by atoms with E-state index in [9.17, 15) is 13.9 Å². The number of halogens is 2. The summed E-state index contributed by atoms with van der Waals surface area (Å²) in [4.78, 5) is 14.2. The van der Waals surface area contributed by atoms with Crippen LogP contribution in [0.25, 0.3) is 15.7 Å². The molecule has 0 amide bonds. The van der Waals surface area contributed by atoms with Crippen molar-refractivity contribution in [2.24, 2.45) is 0 Å². The molecule has 2 aromatic heterocycles. The van der Waals surface area contributed by atoms with Crippen LogP contribution in [-0.2, 0) is 5.60 Å². The number of hydrogen-bond acceptors (Lipinski definition) is 9. The van der Waals surface area contributed by atoms with Crippen LogP contribution in [0.1, 0.15) is 29.0 Å². The number of aromatic nitrogens is 2. The van der Waals surface area contributed by atoms with E-state index >= 15 is 0 Å². The minimum absolute atomic E-state index is 0.0388. The Morgan fingerprint density at radius 1 is 0.909 bits per heavy atom. The summed E-state index contributed by atoms with van der Waals surface area (Å²) in [5.41, 5.74) is 0.253. The Hall–Kier alpha value is -4.73. The second kappa shape index (κ2) is 13.7. The lowest BCUT2D eigenvalue weighted by atomic mass is 9.71. The van der Waals surface area contributed by atoms with Crippen molar-refractivity contribution in [3.05, 3.63) is 82.7 Å². The fourth-order valence-corrected chi connectivity index (χ4v) is 5.26. The number of benzene rings is 2. The zero-order valence-electron chi connectivity index (χ0n) is 25.3. The minimum Gasteiger partial charge on any atom is -0.493 e. The van der Waals surface area contributed by atoms with Crippen molar-refractivity contribution in [1.29, 1.82) is 0 Å². The van der Waals surface area contributed by atoms with Gasteiger partial charge in [0.25, 0.3) is 0 Å².